The number of piperidine rings is 1. The summed E-state index contributed by atoms with van der Waals surface area (Å²) in [7, 11) is 0. The van der Waals surface area contributed by atoms with Gasteiger partial charge >= 0.3 is 6.09 Å². The highest BCUT2D eigenvalue weighted by Crippen LogP contribution is 2.19. The average molecular weight is 242 g/mol. The Bertz CT molecular complexity index is 276. The van der Waals surface area contributed by atoms with Crippen LogP contribution in [0.4, 0.5) is 4.79 Å². The molecule has 2 bridgehead atoms. The predicted octanol–water partition coefficient (Wildman–Crippen LogP) is 1.03. The van der Waals surface area contributed by atoms with E-state index in [1.54, 1.807) is 0 Å². The van der Waals surface area contributed by atoms with Gasteiger partial charge in [0.25, 0.3) is 0 Å². The lowest BCUT2D eigenvalue weighted by atomic mass is 9.93. The molecule has 2 saturated heterocycles. The molecule has 0 spiro atoms. The Morgan fingerprint density at radius 2 is 1.88 bits per heavy atom. The van der Waals surface area contributed by atoms with Crippen molar-refractivity contribution in [2.45, 2.75) is 57.3 Å². The monoisotopic (exact) mass is 242 g/mol. The third-order valence-corrected chi connectivity index (χ3v) is 2.97. The molecule has 0 aliphatic carbocycles. The van der Waals surface area contributed by atoms with Gasteiger partial charge < -0.3 is 20.1 Å². The van der Waals surface area contributed by atoms with Crippen molar-refractivity contribution in [2.75, 3.05) is 13.2 Å². The maximum absolute atomic E-state index is 11.7. The van der Waals surface area contributed by atoms with Gasteiger partial charge in [0.1, 0.15) is 5.60 Å². The number of carbonyl (C=O) groups excluding carboxylic acids is 1. The minimum Gasteiger partial charge on any atom is -0.444 e. The zero-order valence-electron chi connectivity index (χ0n) is 10.8. The molecule has 0 aromatic heterocycles. The first kappa shape index (κ1) is 12.6. The molecule has 0 radical (unpaired) electrons. The molecule has 0 aromatic carbocycles. The van der Waals surface area contributed by atoms with E-state index in [2.05, 4.69) is 10.6 Å². The summed E-state index contributed by atoms with van der Waals surface area (Å²) in [5.41, 5.74) is -0.435. The minimum atomic E-state index is -0.435. The zero-order chi connectivity index (χ0) is 12.5. The fraction of sp³-hybridized carbons (Fsp3) is 0.917. The normalized spacial score (nSPS) is 33.0. The highest BCUT2D eigenvalue weighted by atomic mass is 16.6. The summed E-state index contributed by atoms with van der Waals surface area (Å²) in [4.78, 5) is 11.7. The van der Waals surface area contributed by atoms with Gasteiger partial charge in [-0.2, -0.15) is 0 Å². The molecule has 2 heterocycles. The first-order valence-corrected chi connectivity index (χ1v) is 6.26. The third-order valence-electron chi connectivity index (χ3n) is 2.97. The maximum atomic E-state index is 11.7. The van der Waals surface area contributed by atoms with Crippen molar-refractivity contribution in [1.29, 1.82) is 0 Å². The lowest BCUT2D eigenvalue weighted by Crippen LogP contribution is -2.58. The van der Waals surface area contributed by atoms with Crippen LogP contribution in [0.5, 0.6) is 0 Å². The highest BCUT2D eigenvalue weighted by Gasteiger charge is 2.33. The first-order valence-electron chi connectivity index (χ1n) is 6.26. The highest BCUT2D eigenvalue weighted by molar-refractivity contribution is 5.68. The van der Waals surface area contributed by atoms with E-state index >= 15 is 0 Å². The minimum absolute atomic E-state index is 0.199. The number of alkyl carbamates (subject to hydrolysis) is 1. The number of hydrogen-bond donors (Lipinski definition) is 2. The maximum Gasteiger partial charge on any atom is 0.407 e. The van der Waals surface area contributed by atoms with Crippen molar-refractivity contribution < 1.29 is 14.3 Å². The van der Waals surface area contributed by atoms with Gasteiger partial charge in [0, 0.05) is 18.1 Å². The quantitative estimate of drug-likeness (QED) is 0.721. The molecule has 2 N–H and O–H groups in total. The van der Waals surface area contributed by atoms with Crippen molar-refractivity contribution in [3.8, 4) is 0 Å². The Balaban J connectivity index is 1.81. The third kappa shape index (κ3) is 3.85. The van der Waals surface area contributed by atoms with Crippen molar-refractivity contribution >= 4 is 6.09 Å². The Hall–Kier alpha value is -0.810. The Labute approximate surface area is 102 Å². The lowest BCUT2D eigenvalue weighted by molar-refractivity contribution is 0.0100. The molecule has 2 aliphatic rings. The molecule has 2 unspecified atom stereocenters. The number of fused-ring (bicyclic) bond motifs is 2. The molecule has 0 aromatic rings. The largest absolute Gasteiger partial charge is 0.444 e. The number of ether oxygens (including phenoxy) is 2. The van der Waals surface area contributed by atoms with Gasteiger partial charge in [-0.05, 0) is 33.6 Å². The van der Waals surface area contributed by atoms with Gasteiger partial charge in [-0.3, -0.25) is 0 Å². The second-order valence-corrected chi connectivity index (χ2v) is 5.91. The van der Waals surface area contributed by atoms with Crippen LogP contribution in [-0.4, -0.2) is 43.0 Å². The molecule has 98 valence electrons. The standard InChI is InChI=1S/C12H22N2O3/c1-12(2,3)17-11(15)14-8-4-9-6-16-7-10(5-8)13-9/h8-10,13H,4-7H2,1-3H3,(H,14,15). The zero-order valence-corrected chi connectivity index (χ0v) is 10.8. The van der Waals surface area contributed by atoms with Gasteiger partial charge in [-0.15, -0.1) is 0 Å². The molecule has 1 amide bonds. The van der Waals surface area contributed by atoms with Crippen LogP contribution in [0.25, 0.3) is 0 Å². The predicted molar refractivity (Wildman–Crippen MR) is 63.9 cm³/mol. The second-order valence-electron chi connectivity index (χ2n) is 5.91. The smallest absolute Gasteiger partial charge is 0.407 e. The average Bonchev–Trinajstić information content (AvgIpc) is 2.13. The molecule has 2 aliphatic heterocycles. The Morgan fingerprint density at radius 3 is 2.41 bits per heavy atom. The fourth-order valence-corrected chi connectivity index (χ4v) is 2.43. The number of amides is 1. The summed E-state index contributed by atoms with van der Waals surface area (Å²) in [5.74, 6) is 0. The van der Waals surface area contributed by atoms with Gasteiger partial charge in [0.05, 0.1) is 13.2 Å². The van der Waals surface area contributed by atoms with Gasteiger partial charge in [-0.1, -0.05) is 0 Å². The van der Waals surface area contributed by atoms with Crippen molar-refractivity contribution in [2.24, 2.45) is 0 Å². The van der Waals surface area contributed by atoms with Crippen LogP contribution < -0.4 is 10.6 Å². The lowest BCUT2D eigenvalue weighted by Gasteiger charge is -2.40. The van der Waals surface area contributed by atoms with Crippen molar-refractivity contribution in [1.82, 2.24) is 10.6 Å². The molecule has 2 fully saturated rings. The molecule has 2 rings (SSSR count). The van der Waals surface area contributed by atoms with E-state index in [0.717, 1.165) is 26.1 Å². The van der Waals surface area contributed by atoms with Crippen LogP contribution in [-0.2, 0) is 9.47 Å². The van der Waals surface area contributed by atoms with Crippen molar-refractivity contribution in [3.05, 3.63) is 0 Å². The van der Waals surface area contributed by atoms with Crippen LogP contribution in [0.3, 0.4) is 0 Å². The molecule has 17 heavy (non-hydrogen) atoms. The molecule has 0 saturated carbocycles. The van der Waals surface area contributed by atoms with E-state index in [9.17, 15) is 4.79 Å². The van der Waals surface area contributed by atoms with E-state index in [1.165, 1.54) is 0 Å². The molecular formula is C12H22N2O3. The summed E-state index contributed by atoms with van der Waals surface area (Å²) in [5, 5.41) is 6.43. The molecule has 2 atom stereocenters. The number of hydrogen-bond acceptors (Lipinski definition) is 4. The molecule has 5 heteroatoms. The topological polar surface area (TPSA) is 59.6 Å². The van der Waals surface area contributed by atoms with Gasteiger partial charge in [-0.25, -0.2) is 4.79 Å². The van der Waals surface area contributed by atoms with Crippen LogP contribution in [0.15, 0.2) is 0 Å². The summed E-state index contributed by atoms with van der Waals surface area (Å²) < 4.78 is 10.7. The van der Waals surface area contributed by atoms with Crippen LogP contribution in [0.2, 0.25) is 0 Å². The van der Waals surface area contributed by atoms with E-state index in [0.29, 0.717) is 12.1 Å². The Kier molecular flexibility index (Phi) is 3.58. The second kappa shape index (κ2) is 4.82. The van der Waals surface area contributed by atoms with E-state index in [4.69, 9.17) is 9.47 Å². The Morgan fingerprint density at radius 1 is 1.29 bits per heavy atom. The number of carbonyl (C=O) groups is 1. The molecular weight excluding hydrogens is 220 g/mol. The summed E-state index contributed by atoms with van der Waals surface area (Å²) in [6.45, 7) is 7.10. The first-order chi connectivity index (χ1) is 7.92. The van der Waals surface area contributed by atoms with Gasteiger partial charge in [0.2, 0.25) is 0 Å². The number of rotatable bonds is 1. The summed E-state index contributed by atoms with van der Waals surface area (Å²) >= 11 is 0. The SMILES string of the molecule is CC(C)(C)OC(=O)NC1CC2COCC(C1)N2. The fourth-order valence-electron chi connectivity index (χ4n) is 2.43. The summed E-state index contributed by atoms with van der Waals surface area (Å²) in [6, 6.07) is 0.926. The molecule has 5 nitrogen and oxygen atoms in total. The van der Waals surface area contributed by atoms with Gasteiger partial charge in [0.15, 0.2) is 0 Å². The number of morpholine rings is 1. The number of nitrogens with one attached hydrogen (secondary N) is 2. The summed E-state index contributed by atoms with van der Waals surface area (Å²) in [6.07, 6.45) is 1.51. The van der Waals surface area contributed by atoms with E-state index in [1.807, 2.05) is 20.8 Å². The van der Waals surface area contributed by atoms with Crippen LogP contribution in [0, 0.1) is 0 Å². The van der Waals surface area contributed by atoms with Crippen molar-refractivity contribution in [3.63, 3.8) is 0 Å². The van der Waals surface area contributed by atoms with E-state index < -0.39 is 5.60 Å². The van der Waals surface area contributed by atoms with Crippen LogP contribution in [0.1, 0.15) is 33.6 Å². The van der Waals surface area contributed by atoms with Crippen LogP contribution >= 0.6 is 0 Å². The van der Waals surface area contributed by atoms with E-state index in [-0.39, 0.29) is 12.1 Å².